The van der Waals surface area contributed by atoms with E-state index in [0.717, 1.165) is 58.0 Å². The smallest absolute Gasteiger partial charge is 0.321 e. The largest absolute Gasteiger partial charge is 0.339 e. The van der Waals surface area contributed by atoms with Crippen molar-refractivity contribution in [3.63, 3.8) is 0 Å². The number of carbonyl (C=O) groups excluding carboxylic acids is 2. The molecular weight excluding hydrogens is 328 g/mol. The van der Waals surface area contributed by atoms with E-state index in [0.29, 0.717) is 17.3 Å². The molecular formula is C20H28N4O2. The van der Waals surface area contributed by atoms with E-state index in [1.54, 1.807) is 6.07 Å². The number of fused-ring (bicyclic) bond motifs is 1. The average Bonchev–Trinajstić information content (AvgIpc) is 3.29. The van der Waals surface area contributed by atoms with Crippen molar-refractivity contribution in [2.75, 3.05) is 44.6 Å². The van der Waals surface area contributed by atoms with E-state index in [9.17, 15) is 9.59 Å². The van der Waals surface area contributed by atoms with Crippen LogP contribution in [0.2, 0.25) is 0 Å². The first-order chi connectivity index (χ1) is 12.6. The Morgan fingerprint density at radius 1 is 1.04 bits per heavy atom. The van der Waals surface area contributed by atoms with Crippen LogP contribution in [0.25, 0.3) is 0 Å². The Morgan fingerprint density at radius 2 is 1.85 bits per heavy atom. The highest BCUT2D eigenvalue weighted by Crippen LogP contribution is 2.26. The Morgan fingerprint density at radius 3 is 2.65 bits per heavy atom. The summed E-state index contributed by atoms with van der Waals surface area (Å²) in [6.07, 6.45) is 3.32. The highest BCUT2D eigenvalue weighted by molar-refractivity contribution is 5.97. The van der Waals surface area contributed by atoms with Crippen molar-refractivity contribution in [1.82, 2.24) is 14.7 Å². The first-order valence-electron chi connectivity index (χ1n) is 9.79. The fraction of sp³-hybridized carbons (Fsp3) is 0.600. The summed E-state index contributed by atoms with van der Waals surface area (Å²) >= 11 is 0. The normalized spacial score (nSPS) is 26.0. The Labute approximate surface area is 155 Å². The third kappa shape index (κ3) is 3.56. The van der Waals surface area contributed by atoms with Gasteiger partial charge in [-0.3, -0.25) is 9.69 Å². The van der Waals surface area contributed by atoms with Gasteiger partial charge in [0.2, 0.25) is 0 Å². The van der Waals surface area contributed by atoms with E-state index in [4.69, 9.17) is 0 Å². The molecule has 0 radical (unpaired) electrons. The van der Waals surface area contributed by atoms with Crippen molar-refractivity contribution >= 4 is 17.6 Å². The van der Waals surface area contributed by atoms with Gasteiger partial charge in [-0.15, -0.1) is 0 Å². The summed E-state index contributed by atoms with van der Waals surface area (Å²) in [5.41, 5.74) is 1.35. The van der Waals surface area contributed by atoms with E-state index >= 15 is 0 Å². The van der Waals surface area contributed by atoms with Gasteiger partial charge in [0.25, 0.3) is 5.91 Å². The lowest BCUT2D eigenvalue weighted by atomic mass is 10.1. The number of anilines is 1. The number of carbonyl (C=O) groups is 2. The Hall–Kier alpha value is -2.08. The minimum Gasteiger partial charge on any atom is -0.339 e. The number of amides is 3. The highest BCUT2D eigenvalue weighted by atomic mass is 16.2. The molecule has 0 spiro atoms. The second-order valence-electron chi connectivity index (χ2n) is 7.95. The lowest BCUT2D eigenvalue weighted by molar-refractivity contribution is 0.0793. The average molecular weight is 356 g/mol. The topological polar surface area (TPSA) is 55.9 Å². The van der Waals surface area contributed by atoms with Crippen molar-refractivity contribution in [2.24, 2.45) is 5.92 Å². The third-order valence-corrected chi connectivity index (χ3v) is 5.87. The molecule has 26 heavy (non-hydrogen) atoms. The van der Waals surface area contributed by atoms with Crippen LogP contribution in [0.5, 0.6) is 0 Å². The van der Waals surface area contributed by atoms with Gasteiger partial charge >= 0.3 is 6.03 Å². The van der Waals surface area contributed by atoms with Crippen LogP contribution >= 0.6 is 0 Å². The summed E-state index contributed by atoms with van der Waals surface area (Å²) in [5, 5.41) is 2.99. The highest BCUT2D eigenvalue weighted by Gasteiger charge is 2.35. The first-order valence-corrected chi connectivity index (χ1v) is 9.79. The maximum absolute atomic E-state index is 12.7. The van der Waals surface area contributed by atoms with Gasteiger partial charge in [-0.1, -0.05) is 13.0 Å². The van der Waals surface area contributed by atoms with Gasteiger partial charge < -0.3 is 15.1 Å². The molecule has 0 aliphatic carbocycles. The number of rotatable bonds is 2. The summed E-state index contributed by atoms with van der Waals surface area (Å²) in [5.74, 6) is 0.781. The van der Waals surface area contributed by atoms with Gasteiger partial charge in [-0.05, 0) is 43.4 Å². The number of hydrogen-bond acceptors (Lipinski definition) is 3. The number of nitrogens with zero attached hydrogens (tertiary/aromatic N) is 3. The number of urea groups is 1. The summed E-state index contributed by atoms with van der Waals surface area (Å²) in [7, 11) is 0. The predicted molar refractivity (Wildman–Crippen MR) is 101 cm³/mol. The fourth-order valence-electron chi connectivity index (χ4n) is 4.52. The van der Waals surface area contributed by atoms with E-state index in [2.05, 4.69) is 17.1 Å². The standard InChI is InChI=1S/C20H28N4O2/c1-15-11-18-14-24(10-9-23(18)13-15)20(26)21-17-6-4-5-16(12-17)19(25)22-7-2-3-8-22/h4-6,12,15,18H,2-3,7-11,13-14H2,1H3,(H,21,26). The molecule has 3 fully saturated rings. The second-order valence-corrected chi connectivity index (χ2v) is 7.95. The van der Waals surface area contributed by atoms with Crippen LogP contribution in [-0.4, -0.2) is 71.9 Å². The number of hydrogen-bond donors (Lipinski definition) is 1. The van der Waals surface area contributed by atoms with Crippen LogP contribution in [-0.2, 0) is 0 Å². The zero-order chi connectivity index (χ0) is 18.1. The van der Waals surface area contributed by atoms with Crippen LogP contribution in [0.3, 0.4) is 0 Å². The lowest BCUT2D eigenvalue weighted by Crippen LogP contribution is -2.53. The van der Waals surface area contributed by atoms with Crippen molar-refractivity contribution in [3.05, 3.63) is 29.8 Å². The van der Waals surface area contributed by atoms with E-state index in [-0.39, 0.29) is 11.9 Å². The monoisotopic (exact) mass is 356 g/mol. The molecule has 6 heteroatoms. The van der Waals surface area contributed by atoms with Crippen molar-refractivity contribution < 1.29 is 9.59 Å². The van der Waals surface area contributed by atoms with Gasteiger partial charge in [0.15, 0.2) is 0 Å². The molecule has 4 rings (SSSR count). The Bertz CT molecular complexity index is 686. The van der Waals surface area contributed by atoms with Crippen molar-refractivity contribution in [2.45, 2.75) is 32.2 Å². The molecule has 0 bridgehead atoms. The van der Waals surface area contributed by atoms with Gasteiger partial charge in [-0.2, -0.15) is 0 Å². The summed E-state index contributed by atoms with van der Waals surface area (Å²) < 4.78 is 0. The van der Waals surface area contributed by atoms with Crippen molar-refractivity contribution in [1.29, 1.82) is 0 Å². The second kappa shape index (κ2) is 7.27. The molecule has 0 saturated carbocycles. The van der Waals surface area contributed by atoms with Crippen LogP contribution in [0, 0.1) is 5.92 Å². The summed E-state index contributed by atoms with van der Waals surface area (Å²) in [4.78, 5) is 31.5. The molecule has 3 amide bonds. The van der Waals surface area contributed by atoms with Crippen molar-refractivity contribution in [3.8, 4) is 0 Å². The SMILES string of the molecule is CC1CC2CN(C(=O)Nc3cccc(C(=O)N4CCCC4)c3)CCN2C1. The molecule has 140 valence electrons. The minimum atomic E-state index is -0.0602. The molecule has 1 aromatic carbocycles. The number of likely N-dealkylation sites (tertiary alicyclic amines) is 1. The van der Waals surface area contributed by atoms with E-state index < -0.39 is 0 Å². The van der Waals surface area contributed by atoms with Crippen LogP contribution in [0.4, 0.5) is 10.5 Å². The molecule has 3 aliphatic rings. The van der Waals surface area contributed by atoms with E-state index in [1.807, 2.05) is 28.0 Å². The molecule has 2 unspecified atom stereocenters. The van der Waals surface area contributed by atoms with Gasteiger partial charge in [-0.25, -0.2) is 4.79 Å². The van der Waals surface area contributed by atoms with E-state index in [1.165, 1.54) is 6.42 Å². The minimum absolute atomic E-state index is 0.0602. The van der Waals surface area contributed by atoms with Gasteiger partial charge in [0.05, 0.1) is 0 Å². The molecule has 3 aliphatic heterocycles. The molecule has 1 N–H and O–H groups in total. The van der Waals surface area contributed by atoms with Crippen LogP contribution < -0.4 is 5.32 Å². The third-order valence-electron chi connectivity index (χ3n) is 5.87. The molecule has 3 heterocycles. The molecule has 2 atom stereocenters. The zero-order valence-electron chi connectivity index (χ0n) is 15.5. The van der Waals surface area contributed by atoms with Gasteiger partial charge in [0, 0.05) is 56.6 Å². The summed E-state index contributed by atoms with van der Waals surface area (Å²) in [6, 6.07) is 7.76. The Kier molecular flexibility index (Phi) is 4.85. The zero-order valence-corrected chi connectivity index (χ0v) is 15.5. The summed E-state index contributed by atoms with van der Waals surface area (Å²) in [6.45, 7) is 7.62. The van der Waals surface area contributed by atoms with Crippen LogP contribution in [0.15, 0.2) is 24.3 Å². The molecule has 1 aromatic rings. The molecule has 3 saturated heterocycles. The maximum atomic E-state index is 12.7. The maximum Gasteiger partial charge on any atom is 0.321 e. The number of nitrogens with one attached hydrogen (secondary N) is 1. The quantitative estimate of drug-likeness (QED) is 0.886. The first kappa shape index (κ1) is 17.3. The van der Waals surface area contributed by atoms with Gasteiger partial charge in [0.1, 0.15) is 0 Å². The fourth-order valence-corrected chi connectivity index (χ4v) is 4.52. The lowest BCUT2D eigenvalue weighted by Gasteiger charge is -2.37. The molecule has 0 aromatic heterocycles. The predicted octanol–water partition coefficient (Wildman–Crippen LogP) is 2.48. The Balaban J connectivity index is 1.38. The molecule has 6 nitrogen and oxygen atoms in total. The van der Waals surface area contributed by atoms with Crippen LogP contribution in [0.1, 0.15) is 36.5 Å². The number of piperazine rings is 1. The number of benzene rings is 1.